The van der Waals surface area contributed by atoms with E-state index in [1.165, 1.54) is 24.8 Å². The lowest BCUT2D eigenvalue weighted by Gasteiger charge is -2.13. The van der Waals surface area contributed by atoms with E-state index < -0.39 is 24.3 Å². The Kier molecular flexibility index (Phi) is 10.6. The number of hydrogen-bond donors (Lipinski definition) is 4. The molecule has 0 aliphatic heterocycles. The fraction of sp³-hybridized carbons (Fsp3) is 0.538. The second kappa shape index (κ2) is 12.9. The minimum absolute atomic E-state index is 0.0465. The first-order valence-corrected chi connectivity index (χ1v) is 12.5. The molecule has 15 heteroatoms. The number of aliphatic carboxylic acids is 2. The second-order valence-electron chi connectivity index (χ2n) is 10.8. The molecule has 2 aliphatic rings. The standard InChI is InChI=1S/C22H30N4O.2C2HF3O2/c1-22(2,3)19-12-20(26(4)25-19)24-21(27)16-7-5-6-15(10-16)17-11-18(17)23-13-14-8-9-14;2*3-2(4,5)1(6)7/h5-7,10,12,14,17-18,23H,8-9,11,13H2,1-4H3,(H,24,27);2*(H,6,7). The minimum Gasteiger partial charge on any atom is -0.475 e. The number of carboxylic acids is 2. The van der Waals surface area contributed by atoms with Crippen molar-refractivity contribution in [3.63, 3.8) is 0 Å². The van der Waals surface area contributed by atoms with Gasteiger partial charge in [-0.2, -0.15) is 31.4 Å². The molecule has 2 aromatic rings. The Balaban J connectivity index is 0.000000349. The highest BCUT2D eigenvalue weighted by Crippen LogP contribution is 2.42. The van der Waals surface area contributed by atoms with Crippen molar-refractivity contribution >= 4 is 23.7 Å². The van der Waals surface area contributed by atoms with Crippen LogP contribution in [-0.4, -0.2) is 62.8 Å². The van der Waals surface area contributed by atoms with Crippen LogP contribution in [0.2, 0.25) is 0 Å². The molecule has 2 aliphatic carbocycles. The van der Waals surface area contributed by atoms with E-state index in [1.807, 2.05) is 31.3 Å². The van der Waals surface area contributed by atoms with Crippen molar-refractivity contribution in [2.45, 2.75) is 69.8 Å². The first kappa shape index (κ1) is 33.6. The third-order valence-corrected chi connectivity index (χ3v) is 6.11. The number of hydrogen-bond acceptors (Lipinski definition) is 5. The summed E-state index contributed by atoms with van der Waals surface area (Å²) in [5.41, 5.74) is 2.89. The maximum absolute atomic E-state index is 12.8. The lowest BCUT2D eigenvalue weighted by Crippen LogP contribution is -2.21. The molecule has 4 N–H and O–H groups in total. The third-order valence-electron chi connectivity index (χ3n) is 6.11. The number of aryl methyl sites for hydroxylation is 1. The number of carboxylic acid groups (broad SMARTS) is 2. The molecule has 4 rings (SSSR count). The number of carbonyl (C=O) groups excluding carboxylic acids is 1. The van der Waals surface area contributed by atoms with Gasteiger partial charge in [-0.1, -0.05) is 32.9 Å². The number of anilines is 1. The molecule has 0 saturated heterocycles. The predicted octanol–water partition coefficient (Wildman–Crippen LogP) is 5.09. The van der Waals surface area contributed by atoms with Gasteiger partial charge in [0.15, 0.2) is 0 Å². The summed E-state index contributed by atoms with van der Waals surface area (Å²) < 4.78 is 65.2. The highest BCUT2D eigenvalue weighted by Gasteiger charge is 2.40. The average Bonchev–Trinajstić information content (AvgIpc) is 3.76. The quantitative estimate of drug-likeness (QED) is 0.343. The van der Waals surface area contributed by atoms with Gasteiger partial charge in [0.25, 0.3) is 5.91 Å². The maximum Gasteiger partial charge on any atom is 0.490 e. The van der Waals surface area contributed by atoms with Crippen LogP contribution in [0.4, 0.5) is 32.2 Å². The summed E-state index contributed by atoms with van der Waals surface area (Å²) in [5.74, 6) is -3.42. The zero-order valence-electron chi connectivity index (χ0n) is 22.7. The van der Waals surface area contributed by atoms with Crippen molar-refractivity contribution in [2.75, 3.05) is 11.9 Å². The molecule has 2 atom stereocenters. The van der Waals surface area contributed by atoms with Gasteiger partial charge in [0, 0.05) is 36.1 Å². The number of nitrogens with one attached hydrogen (secondary N) is 2. The Hall–Kier alpha value is -3.62. The molecule has 2 saturated carbocycles. The molecule has 1 aromatic carbocycles. The van der Waals surface area contributed by atoms with Gasteiger partial charge >= 0.3 is 24.3 Å². The Bertz CT molecular complexity index is 1210. The molecule has 0 spiro atoms. The van der Waals surface area contributed by atoms with Crippen LogP contribution in [0.25, 0.3) is 0 Å². The van der Waals surface area contributed by atoms with Crippen LogP contribution in [0.15, 0.2) is 30.3 Å². The van der Waals surface area contributed by atoms with Crippen molar-refractivity contribution in [3.05, 3.63) is 47.2 Å². The number of rotatable bonds is 6. The van der Waals surface area contributed by atoms with Gasteiger partial charge in [-0.15, -0.1) is 0 Å². The summed E-state index contributed by atoms with van der Waals surface area (Å²) in [6, 6.07) is 10.6. The van der Waals surface area contributed by atoms with E-state index in [4.69, 9.17) is 19.8 Å². The SMILES string of the molecule is Cn1nc(C(C)(C)C)cc1NC(=O)c1cccc(C2CC2NCC2CC2)c1.O=C(O)C(F)(F)F.O=C(O)C(F)(F)F. The van der Waals surface area contributed by atoms with Crippen molar-refractivity contribution in [1.82, 2.24) is 15.1 Å². The van der Waals surface area contributed by atoms with Crippen molar-refractivity contribution < 1.29 is 50.9 Å². The summed E-state index contributed by atoms with van der Waals surface area (Å²) in [6.45, 7) is 7.51. The summed E-state index contributed by atoms with van der Waals surface area (Å²) in [4.78, 5) is 30.5. The Labute approximate surface area is 231 Å². The van der Waals surface area contributed by atoms with Crippen LogP contribution in [0, 0.1) is 5.92 Å². The zero-order chi connectivity index (χ0) is 31.3. The molecular formula is C26H32F6N4O5. The van der Waals surface area contributed by atoms with Crippen molar-refractivity contribution in [3.8, 4) is 0 Å². The van der Waals surface area contributed by atoms with E-state index in [9.17, 15) is 31.1 Å². The van der Waals surface area contributed by atoms with Crippen molar-refractivity contribution in [1.29, 1.82) is 0 Å². The highest BCUT2D eigenvalue weighted by molar-refractivity contribution is 6.04. The topological polar surface area (TPSA) is 134 Å². The van der Waals surface area contributed by atoms with Crippen LogP contribution in [0.5, 0.6) is 0 Å². The van der Waals surface area contributed by atoms with E-state index in [2.05, 4.69) is 42.6 Å². The highest BCUT2D eigenvalue weighted by atomic mass is 19.4. The predicted molar refractivity (Wildman–Crippen MR) is 136 cm³/mol. The smallest absolute Gasteiger partial charge is 0.475 e. The Morgan fingerprint density at radius 1 is 0.976 bits per heavy atom. The van der Waals surface area contributed by atoms with E-state index in [0.29, 0.717) is 17.5 Å². The van der Waals surface area contributed by atoms with E-state index in [-0.39, 0.29) is 11.3 Å². The van der Waals surface area contributed by atoms with Gasteiger partial charge in [0.1, 0.15) is 5.82 Å². The summed E-state index contributed by atoms with van der Waals surface area (Å²) >= 11 is 0. The van der Waals surface area contributed by atoms with Gasteiger partial charge in [0.2, 0.25) is 0 Å². The third kappa shape index (κ3) is 11.1. The largest absolute Gasteiger partial charge is 0.490 e. The van der Waals surface area contributed by atoms with Gasteiger partial charge in [-0.05, 0) is 49.4 Å². The molecule has 41 heavy (non-hydrogen) atoms. The number of amides is 1. The monoisotopic (exact) mass is 594 g/mol. The van der Waals surface area contributed by atoms with E-state index >= 15 is 0 Å². The molecular weight excluding hydrogens is 562 g/mol. The van der Waals surface area contributed by atoms with Gasteiger partial charge in [0.05, 0.1) is 5.69 Å². The number of nitrogens with zero attached hydrogens (tertiary/aromatic N) is 2. The molecule has 1 aromatic heterocycles. The van der Waals surface area contributed by atoms with Crippen LogP contribution >= 0.6 is 0 Å². The van der Waals surface area contributed by atoms with Crippen LogP contribution in [-0.2, 0) is 22.1 Å². The maximum atomic E-state index is 12.8. The Morgan fingerprint density at radius 2 is 1.51 bits per heavy atom. The van der Waals surface area contributed by atoms with Crippen LogP contribution < -0.4 is 10.6 Å². The fourth-order valence-electron chi connectivity index (χ4n) is 3.48. The zero-order valence-corrected chi connectivity index (χ0v) is 22.7. The summed E-state index contributed by atoms with van der Waals surface area (Å²) in [5, 5.41) is 25.5. The van der Waals surface area contributed by atoms with Crippen LogP contribution in [0.1, 0.15) is 67.6 Å². The molecule has 1 heterocycles. The van der Waals surface area contributed by atoms with E-state index in [0.717, 1.165) is 24.0 Å². The van der Waals surface area contributed by atoms with Gasteiger partial charge in [-0.3, -0.25) is 9.48 Å². The molecule has 2 fully saturated rings. The molecule has 0 radical (unpaired) electrons. The first-order chi connectivity index (χ1) is 18.7. The number of aromatic nitrogens is 2. The van der Waals surface area contributed by atoms with Crippen molar-refractivity contribution in [2.24, 2.45) is 13.0 Å². The fourth-order valence-corrected chi connectivity index (χ4v) is 3.48. The molecule has 228 valence electrons. The molecule has 9 nitrogen and oxygen atoms in total. The number of halogens is 6. The van der Waals surface area contributed by atoms with E-state index in [1.54, 1.807) is 4.68 Å². The Morgan fingerprint density at radius 3 is 1.95 bits per heavy atom. The molecule has 0 bridgehead atoms. The van der Waals surface area contributed by atoms with Crippen LogP contribution in [0.3, 0.4) is 0 Å². The summed E-state index contributed by atoms with van der Waals surface area (Å²) in [7, 11) is 1.86. The normalized spacial score (nSPS) is 18.3. The lowest BCUT2D eigenvalue weighted by molar-refractivity contribution is -0.193. The number of carbonyl (C=O) groups is 3. The number of benzene rings is 1. The lowest BCUT2D eigenvalue weighted by atomic mass is 9.92. The average molecular weight is 595 g/mol. The van der Waals surface area contributed by atoms with Gasteiger partial charge in [-0.25, -0.2) is 9.59 Å². The summed E-state index contributed by atoms with van der Waals surface area (Å²) in [6.07, 6.45) is -6.23. The first-order valence-electron chi connectivity index (χ1n) is 12.5. The molecule has 2 unspecified atom stereocenters. The van der Waals surface area contributed by atoms with Gasteiger partial charge < -0.3 is 20.8 Å². The number of alkyl halides is 6. The molecule has 1 amide bonds. The second-order valence-corrected chi connectivity index (χ2v) is 10.8. The minimum atomic E-state index is -5.08.